The highest BCUT2D eigenvalue weighted by atomic mass is 16.5. The first-order chi connectivity index (χ1) is 6.38. The Morgan fingerprint density at radius 2 is 1.92 bits per heavy atom. The first kappa shape index (κ1) is 8.36. The van der Waals surface area contributed by atoms with Gasteiger partial charge in [0, 0.05) is 0 Å². The highest BCUT2D eigenvalue weighted by Gasteiger charge is 2.16. The van der Waals surface area contributed by atoms with Gasteiger partial charge in [-0.15, -0.1) is 0 Å². The van der Waals surface area contributed by atoms with E-state index in [9.17, 15) is 0 Å². The van der Waals surface area contributed by atoms with Gasteiger partial charge in [0.1, 0.15) is 5.75 Å². The van der Waals surface area contributed by atoms with E-state index in [1.165, 1.54) is 18.4 Å². The van der Waals surface area contributed by atoms with E-state index in [1.807, 2.05) is 12.1 Å². The van der Waals surface area contributed by atoms with Crippen LogP contribution < -0.4 is 4.74 Å². The number of benzene rings is 1. The van der Waals surface area contributed by atoms with E-state index < -0.39 is 0 Å². The summed E-state index contributed by atoms with van der Waals surface area (Å²) in [6, 6.07) is 8.15. The lowest BCUT2D eigenvalue weighted by Gasteiger charge is -1.98. The summed E-state index contributed by atoms with van der Waals surface area (Å²) in [5.74, 6) is 1.77. The maximum atomic E-state index is 5.08. The van der Waals surface area contributed by atoms with Gasteiger partial charge in [-0.25, -0.2) is 0 Å². The first-order valence-corrected chi connectivity index (χ1v) is 4.71. The molecule has 1 heteroatoms. The molecule has 0 spiro atoms. The average molecular weight is 174 g/mol. The predicted molar refractivity (Wildman–Crippen MR) is 54.8 cm³/mol. The Bertz CT molecular complexity index is 293. The lowest BCUT2D eigenvalue weighted by Crippen LogP contribution is -1.81. The molecule has 1 saturated carbocycles. The van der Waals surface area contributed by atoms with Crippen molar-refractivity contribution >= 4 is 6.08 Å². The molecule has 0 saturated heterocycles. The average Bonchev–Trinajstić information content (AvgIpc) is 2.99. The second kappa shape index (κ2) is 3.65. The van der Waals surface area contributed by atoms with Gasteiger partial charge in [-0.1, -0.05) is 24.3 Å². The van der Waals surface area contributed by atoms with Crippen LogP contribution in [0.4, 0.5) is 0 Å². The fourth-order valence-electron chi connectivity index (χ4n) is 1.25. The Balaban J connectivity index is 2.03. The molecular formula is C12H14O. The summed E-state index contributed by atoms with van der Waals surface area (Å²) in [7, 11) is 1.69. The molecule has 1 aliphatic carbocycles. The van der Waals surface area contributed by atoms with E-state index >= 15 is 0 Å². The third-order valence-corrected chi connectivity index (χ3v) is 2.30. The maximum Gasteiger partial charge on any atom is 0.118 e. The van der Waals surface area contributed by atoms with Crippen LogP contribution in [0.2, 0.25) is 0 Å². The number of allylic oxidation sites excluding steroid dienone is 1. The largest absolute Gasteiger partial charge is 0.497 e. The lowest BCUT2D eigenvalue weighted by atomic mass is 10.2. The lowest BCUT2D eigenvalue weighted by molar-refractivity contribution is 0.415. The van der Waals surface area contributed by atoms with Crippen molar-refractivity contribution in [2.24, 2.45) is 5.92 Å². The molecule has 68 valence electrons. The zero-order valence-corrected chi connectivity index (χ0v) is 7.86. The van der Waals surface area contributed by atoms with Crippen LogP contribution in [0, 0.1) is 5.92 Å². The molecule has 0 heterocycles. The summed E-state index contributed by atoms with van der Waals surface area (Å²) in [5.41, 5.74) is 1.26. The minimum atomic E-state index is 0.849. The maximum absolute atomic E-state index is 5.08. The molecule has 0 unspecified atom stereocenters. The van der Waals surface area contributed by atoms with Crippen molar-refractivity contribution < 1.29 is 4.74 Å². The van der Waals surface area contributed by atoms with E-state index in [1.54, 1.807) is 7.11 Å². The summed E-state index contributed by atoms with van der Waals surface area (Å²) in [5, 5.41) is 0. The standard InChI is InChI=1S/C12H14O/c1-13-12-8-6-11(7-9-12)5-4-10-2-3-10/h4-10H,2-3H2,1H3/b5-4+. The van der Waals surface area contributed by atoms with Gasteiger partial charge in [-0.3, -0.25) is 0 Å². The van der Waals surface area contributed by atoms with Crippen LogP contribution >= 0.6 is 0 Å². The molecule has 0 amide bonds. The Hall–Kier alpha value is -1.24. The van der Waals surface area contributed by atoms with Crippen LogP contribution in [0.25, 0.3) is 6.08 Å². The molecule has 0 radical (unpaired) electrons. The van der Waals surface area contributed by atoms with Gasteiger partial charge in [-0.05, 0) is 36.5 Å². The molecule has 0 atom stereocenters. The van der Waals surface area contributed by atoms with Crippen LogP contribution in [0.15, 0.2) is 30.3 Å². The van der Waals surface area contributed by atoms with E-state index in [4.69, 9.17) is 4.74 Å². The van der Waals surface area contributed by atoms with Crippen molar-refractivity contribution in [2.45, 2.75) is 12.8 Å². The van der Waals surface area contributed by atoms with Crippen LogP contribution in [-0.2, 0) is 0 Å². The van der Waals surface area contributed by atoms with Gasteiger partial charge in [0.15, 0.2) is 0 Å². The molecule has 0 aromatic heterocycles. The zero-order chi connectivity index (χ0) is 9.10. The Morgan fingerprint density at radius 1 is 1.23 bits per heavy atom. The van der Waals surface area contributed by atoms with E-state index in [0.717, 1.165) is 11.7 Å². The normalized spacial score (nSPS) is 16.4. The van der Waals surface area contributed by atoms with Crippen LogP contribution in [0.1, 0.15) is 18.4 Å². The van der Waals surface area contributed by atoms with Crippen LogP contribution in [0.3, 0.4) is 0 Å². The van der Waals surface area contributed by atoms with Gasteiger partial charge in [0.2, 0.25) is 0 Å². The van der Waals surface area contributed by atoms with E-state index in [0.29, 0.717) is 0 Å². The van der Waals surface area contributed by atoms with Crippen molar-refractivity contribution in [2.75, 3.05) is 7.11 Å². The molecule has 1 nitrogen and oxygen atoms in total. The second-order valence-corrected chi connectivity index (χ2v) is 3.47. The topological polar surface area (TPSA) is 9.23 Å². The van der Waals surface area contributed by atoms with Crippen molar-refractivity contribution in [3.8, 4) is 5.75 Å². The fraction of sp³-hybridized carbons (Fsp3) is 0.333. The van der Waals surface area contributed by atoms with Crippen LogP contribution in [-0.4, -0.2) is 7.11 Å². The Kier molecular flexibility index (Phi) is 2.35. The molecule has 1 aliphatic rings. The summed E-state index contributed by atoms with van der Waals surface area (Å²) >= 11 is 0. The molecule has 0 N–H and O–H groups in total. The van der Waals surface area contributed by atoms with Gasteiger partial charge in [0.25, 0.3) is 0 Å². The highest BCUT2D eigenvalue weighted by molar-refractivity contribution is 5.51. The Morgan fingerprint density at radius 3 is 2.46 bits per heavy atom. The molecule has 1 aromatic carbocycles. The summed E-state index contributed by atoms with van der Waals surface area (Å²) in [6.45, 7) is 0. The quantitative estimate of drug-likeness (QED) is 0.684. The van der Waals surface area contributed by atoms with Gasteiger partial charge in [0.05, 0.1) is 7.11 Å². The molecule has 1 aromatic rings. The van der Waals surface area contributed by atoms with Crippen molar-refractivity contribution in [3.05, 3.63) is 35.9 Å². The van der Waals surface area contributed by atoms with E-state index in [-0.39, 0.29) is 0 Å². The second-order valence-electron chi connectivity index (χ2n) is 3.47. The van der Waals surface area contributed by atoms with Crippen LogP contribution in [0.5, 0.6) is 5.75 Å². The summed E-state index contributed by atoms with van der Waals surface area (Å²) < 4.78 is 5.08. The zero-order valence-electron chi connectivity index (χ0n) is 7.86. The van der Waals surface area contributed by atoms with Crippen molar-refractivity contribution in [3.63, 3.8) is 0 Å². The van der Waals surface area contributed by atoms with Gasteiger partial charge < -0.3 is 4.74 Å². The predicted octanol–water partition coefficient (Wildman–Crippen LogP) is 3.12. The SMILES string of the molecule is COc1ccc(/C=C/C2CC2)cc1. The van der Waals surface area contributed by atoms with E-state index in [2.05, 4.69) is 24.3 Å². The molecule has 1 fully saturated rings. The molecule has 2 rings (SSSR count). The highest BCUT2D eigenvalue weighted by Crippen LogP contribution is 2.30. The number of rotatable bonds is 3. The van der Waals surface area contributed by atoms with Crippen molar-refractivity contribution in [1.29, 1.82) is 0 Å². The van der Waals surface area contributed by atoms with Crippen molar-refractivity contribution in [1.82, 2.24) is 0 Å². The molecule has 0 bridgehead atoms. The molecule has 0 aliphatic heterocycles. The third-order valence-electron chi connectivity index (χ3n) is 2.30. The fourth-order valence-corrected chi connectivity index (χ4v) is 1.25. The van der Waals surface area contributed by atoms with Gasteiger partial charge >= 0.3 is 0 Å². The molecular weight excluding hydrogens is 160 g/mol. The monoisotopic (exact) mass is 174 g/mol. The number of methoxy groups -OCH3 is 1. The third kappa shape index (κ3) is 2.35. The number of hydrogen-bond donors (Lipinski definition) is 0. The van der Waals surface area contributed by atoms with Gasteiger partial charge in [-0.2, -0.15) is 0 Å². The summed E-state index contributed by atoms with van der Waals surface area (Å²) in [4.78, 5) is 0. The Labute approximate surface area is 79.0 Å². The molecule has 13 heavy (non-hydrogen) atoms. The summed E-state index contributed by atoms with van der Waals surface area (Å²) in [6.07, 6.45) is 7.22. The number of hydrogen-bond acceptors (Lipinski definition) is 1. The smallest absolute Gasteiger partial charge is 0.118 e. The minimum Gasteiger partial charge on any atom is -0.497 e. The minimum absolute atomic E-state index is 0.849. The number of ether oxygens (including phenoxy) is 1. The first-order valence-electron chi connectivity index (χ1n) is 4.71.